The Hall–Kier alpha value is -1.90. The molecule has 3 heteroatoms. The van der Waals surface area contributed by atoms with Crippen LogP contribution in [0.1, 0.15) is 18.4 Å². The monoisotopic (exact) mass is 282 g/mol. The lowest BCUT2D eigenvalue weighted by Crippen LogP contribution is -2.30. The third-order valence-corrected chi connectivity index (χ3v) is 4.98. The molecule has 0 saturated heterocycles. The van der Waals surface area contributed by atoms with Gasteiger partial charge in [-0.05, 0) is 30.9 Å². The van der Waals surface area contributed by atoms with Crippen LogP contribution in [0.4, 0.5) is 4.39 Å². The van der Waals surface area contributed by atoms with Crippen molar-refractivity contribution in [3.63, 3.8) is 0 Å². The van der Waals surface area contributed by atoms with Crippen molar-refractivity contribution in [2.45, 2.75) is 24.9 Å². The van der Waals surface area contributed by atoms with E-state index in [1.54, 1.807) is 6.08 Å². The second kappa shape index (κ2) is 4.55. The summed E-state index contributed by atoms with van der Waals surface area (Å²) in [4.78, 5) is 4.50. The number of allylic oxidation sites excluding steroid dienone is 3. The molecule has 0 amide bonds. The summed E-state index contributed by atoms with van der Waals surface area (Å²) < 4.78 is 15.0. The first-order chi connectivity index (χ1) is 10.2. The first-order valence-electron chi connectivity index (χ1n) is 7.65. The summed E-state index contributed by atoms with van der Waals surface area (Å²) in [7, 11) is 0. The highest BCUT2D eigenvalue weighted by Crippen LogP contribution is 2.68. The molecular weight excluding hydrogens is 263 g/mol. The van der Waals surface area contributed by atoms with Gasteiger partial charge in [-0.1, -0.05) is 42.5 Å². The minimum Gasteiger partial charge on any atom is -0.368 e. The van der Waals surface area contributed by atoms with Gasteiger partial charge in [-0.2, -0.15) is 0 Å². The number of nitrogens with zero attached hydrogens (tertiary/aromatic N) is 1. The molecule has 2 aliphatic carbocycles. The first-order valence-corrected chi connectivity index (χ1v) is 7.65. The van der Waals surface area contributed by atoms with E-state index in [4.69, 9.17) is 0 Å². The van der Waals surface area contributed by atoms with Crippen molar-refractivity contribution in [3.8, 4) is 0 Å². The fourth-order valence-electron chi connectivity index (χ4n) is 3.71. The summed E-state index contributed by atoms with van der Waals surface area (Å²) in [6.45, 7) is 1.66. The zero-order valence-corrected chi connectivity index (χ0v) is 12.0. The second-order valence-electron chi connectivity index (χ2n) is 6.20. The molecule has 1 aliphatic heterocycles. The van der Waals surface area contributed by atoms with Crippen LogP contribution in [0.2, 0.25) is 0 Å². The number of hydrogen-bond acceptors (Lipinski definition) is 2. The number of fused-ring (bicyclic) bond motifs is 1. The highest BCUT2D eigenvalue weighted by atomic mass is 19.1. The van der Waals surface area contributed by atoms with Crippen molar-refractivity contribution in [1.29, 1.82) is 0 Å². The molecule has 1 aromatic carbocycles. The summed E-state index contributed by atoms with van der Waals surface area (Å²) in [5.41, 5.74) is 0.809. The van der Waals surface area contributed by atoms with Crippen LogP contribution in [0.3, 0.4) is 0 Å². The molecule has 1 heterocycles. The van der Waals surface area contributed by atoms with Crippen LogP contribution in [0, 0.1) is 5.41 Å². The van der Waals surface area contributed by atoms with Gasteiger partial charge in [0.1, 0.15) is 11.5 Å². The van der Waals surface area contributed by atoms with Crippen molar-refractivity contribution in [3.05, 3.63) is 59.7 Å². The van der Waals surface area contributed by atoms with E-state index in [0.717, 1.165) is 37.3 Å². The molecular formula is C18H19FN2. The van der Waals surface area contributed by atoms with Crippen molar-refractivity contribution in [1.82, 2.24) is 5.32 Å². The van der Waals surface area contributed by atoms with E-state index in [9.17, 15) is 4.39 Å². The molecule has 1 saturated carbocycles. The Morgan fingerprint density at radius 3 is 2.86 bits per heavy atom. The van der Waals surface area contributed by atoms with Crippen molar-refractivity contribution < 1.29 is 4.39 Å². The van der Waals surface area contributed by atoms with E-state index in [1.807, 2.05) is 30.4 Å². The molecule has 1 fully saturated rings. The Balaban J connectivity index is 1.59. The van der Waals surface area contributed by atoms with E-state index in [0.29, 0.717) is 6.42 Å². The fraction of sp³-hybridized carbons (Fsp3) is 0.389. The van der Waals surface area contributed by atoms with E-state index in [2.05, 4.69) is 22.4 Å². The number of aryl methyl sites for hydroxylation is 1. The lowest BCUT2D eigenvalue weighted by atomic mass is 9.82. The third-order valence-electron chi connectivity index (χ3n) is 4.98. The molecule has 1 aromatic rings. The average molecular weight is 282 g/mol. The maximum Gasteiger partial charge on any atom is 0.140 e. The number of aliphatic imine (C=N–C) groups is 1. The molecule has 0 radical (unpaired) electrons. The topological polar surface area (TPSA) is 24.4 Å². The fourth-order valence-corrected chi connectivity index (χ4v) is 3.71. The number of amidine groups is 1. The van der Waals surface area contributed by atoms with Gasteiger partial charge in [0.25, 0.3) is 0 Å². The Bertz CT molecular complexity index is 646. The molecule has 2 atom stereocenters. The molecule has 2 nitrogen and oxygen atoms in total. The number of rotatable bonds is 4. The number of halogens is 1. The summed E-state index contributed by atoms with van der Waals surface area (Å²) in [6, 6.07) is 10.3. The van der Waals surface area contributed by atoms with Gasteiger partial charge in [-0.3, -0.25) is 4.99 Å². The van der Waals surface area contributed by atoms with E-state index in [1.165, 1.54) is 5.56 Å². The predicted octanol–water partition coefficient (Wildman–Crippen LogP) is 3.22. The predicted molar refractivity (Wildman–Crippen MR) is 83.2 cm³/mol. The quantitative estimate of drug-likeness (QED) is 0.901. The van der Waals surface area contributed by atoms with Gasteiger partial charge in [-0.15, -0.1) is 0 Å². The Morgan fingerprint density at radius 2 is 2.10 bits per heavy atom. The van der Waals surface area contributed by atoms with E-state index in [-0.39, 0.29) is 5.41 Å². The first kappa shape index (κ1) is 12.8. The zero-order chi connectivity index (χ0) is 14.3. The lowest BCUT2D eigenvalue weighted by Gasteiger charge is -2.25. The minimum atomic E-state index is -1.17. The summed E-state index contributed by atoms with van der Waals surface area (Å²) in [5.74, 6) is 0.909. The van der Waals surface area contributed by atoms with Gasteiger partial charge in [0.05, 0.1) is 6.54 Å². The van der Waals surface area contributed by atoms with Gasteiger partial charge in [-0.25, -0.2) is 4.39 Å². The van der Waals surface area contributed by atoms with E-state index >= 15 is 0 Å². The SMILES string of the molecule is FC12C=CC=C(C3=NCCN3)C1(CCc1ccccc1)C2. The van der Waals surface area contributed by atoms with Gasteiger partial charge >= 0.3 is 0 Å². The maximum atomic E-state index is 15.0. The zero-order valence-electron chi connectivity index (χ0n) is 12.0. The van der Waals surface area contributed by atoms with Gasteiger partial charge < -0.3 is 5.32 Å². The number of benzene rings is 1. The Labute approximate surface area is 124 Å². The molecule has 0 spiro atoms. The molecule has 0 aromatic heterocycles. The normalized spacial score (nSPS) is 33.0. The maximum absolute atomic E-state index is 15.0. The molecule has 4 rings (SSSR count). The molecule has 1 N–H and O–H groups in total. The average Bonchev–Trinajstić information content (AvgIpc) is 2.86. The van der Waals surface area contributed by atoms with Crippen molar-refractivity contribution >= 4 is 5.84 Å². The number of hydrogen-bond donors (Lipinski definition) is 1. The Morgan fingerprint density at radius 1 is 1.24 bits per heavy atom. The van der Waals surface area contributed by atoms with Gasteiger partial charge in [0.15, 0.2) is 0 Å². The summed E-state index contributed by atoms with van der Waals surface area (Å²) in [6.07, 6.45) is 7.97. The van der Waals surface area contributed by atoms with Crippen LogP contribution in [-0.2, 0) is 6.42 Å². The standard InChI is InChI=1S/C18H19FN2/c19-18-9-4-7-15(16-20-11-12-21-16)17(18,13-18)10-8-14-5-2-1-3-6-14/h1-7,9H,8,10-13H2,(H,20,21). The van der Waals surface area contributed by atoms with Crippen LogP contribution >= 0.6 is 0 Å². The highest BCUT2D eigenvalue weighted by Gasteiger charge is 2.70. The largest absolute Gasteiger partial charge is 0.368 e. The summed E-state index contributed by atoms with van der Waals surface area (Å²) in [5, 5.41) is 3.30. The van der Waals surface area contributed by atoms with Crippen molar-refractivity contribution in [2.75, 3.05) is 13.1 Å². The number of nitrogens with one attached hydrogen (secondary N) is 1. The molecule has 108 valence electrons. The Kier molecular flexibility index (Phi) is 2.78. The smallest absolute Gasteiger partial charge is 0.140 e. The molecule has 2 unspecified atom stereocenters. The number of alkyl halides is 1. The highest BCUT2D eigenvalue weighted by molar-refractivity contribution is 6.02. The lowest BCUT2D eigenvalue weighted by molar-refractivity contribution is 0.296. The van der Waals surface area contributed by atoms with Crippen molar-refractivity contribution in [2.24, 2.45) is 10.4 Å². The van der Waals surface area contributed by atoms with Gasteiger partial charge in [0, 0.05) is 17.5 Å². The van der Waals surface area contributed by atoms with Crippen LogP contribution in [-0.4, -0.2) is 24.6 Å². The van der Waals surface area contributed by atoms with Crippen LogP contribution in [0.5, 0.6) is 0 Å². The van der Waals surface area contributed by atoms with E-state index < -0.39 is 5.67 Å². The minimum absolute atomic E-state index is 0.367. The van der Waals surface area contributed by atoms with Crippen LogP contribution in [0.15, 0.2) is 59.1 Å². The third kappa shape index (κ3) is 1.95. The summed E-state index contributed by atoms with van der Waals surface area (Å²) >= 11 is 0. The van der Waals surface area contributed by atoms with Crippen LogP contribution in [0.25, 0.3) is 0 Å². The van der Waals surface area contributed by atoms with Crippen LogP contribution < -0.4 is 5.32 Å². The molecule has 0 bridgehead atoms. The molecule has 3 aliphatic rings. The second-order valence-corrected chi connectivity index (χ2v) is 6.20. The molecule has 21 heavy (non-hydrogen) atoms. The van der Waals surface area contributed by atoms with Gasteiger partial charge in [0.2, 0.25) is 0 Å².